The van der Waals surface area contributed by atoms with E-state index in [0.29, 0.717) is 22.6 Å². The van der Waals surface area contributed by atoms with Crippen LogP contribution >= 0.6 is 12.6 Å². The molecule has 2 atom stereocenters. The van der Waals surface area contributed by atoms with Crippen molar-refractivity contribution < 1.29 is 23.9 Å². The third kappa shape index (κ3) is 8.18. The molecule has 9 heteroatoms. The second-order valence-electron chi connectivity index (χ2n) is 10.6. The number of rotatable bonds is 8. The van der Waals surface area contributed by atoms with Gasteiger partial charge in [-0.2, -0.15) is 12.6 Å². The fourth-order valence-electron chi connectivity index (χ4n) is 3.80. The molecule has 0 saturated heterocycles. The van der Waals surface area contributed by atoms with E-state index in [1.165, 1.54) is 4.90 Å². The van der Waals surface area contributed by atoms with Crippen molar-refractivity contribution in [3.05, 3.63) is 59.7 Å². The zero-order valence-electron chi connectivity index (χ0n) is 23.0. The molecule has 2 N–H and O–H groups in total. The first-order chi connectivity index (χ1) is 17.7. The van der Waals surface area contributed by atoms with Crippen molar-refractivity contribution in [2.75, 3.05) is 18.2 Å². The number of anilines is 1. The van der Waals surface area contributed by atoms with Crippen molar-refractivity contribution in [3.8, 4) is 18.1 Å². The van der Waals surface area contributed by atoms with E-state index >= 15 is 0 Å². The average Bonchev–Trinajstić information content (AvgIpc) is 2.84. The molecule has 0 fully saturated rings. The molecule has 0 radical (unpaired) electrons. The summed E-state index contributed by atoms with van der Waals surface area (Å²) in [7, 11) is 1.55. The molecule has 0 heterocycles. The summed E-state index contributed by atoms with van der Waals surface area (Å²) in [6.07, 6.45) is 5.02. The lowest BCUT2D eigenvalue weighted by molar-refractivity contribution is -0.146. The molecule has 0 aliphatic carbocycles. The lowest BCUT2D eigenvalue weighted by Gasteiger charge is -2.43. The molecule has 2 unspecified atom stereocenters. The van der Waals surface area contributed by atoms with Gasteiger partial charge in [-0.05, 0) is 77.4 Å². The van der Waals surface area contributed by atoms with Crippen LogP contribution in [0.5, 0.6) is 5.75 Å². The Bertz CT molecular complexity index is 1180. The number of ether oxygens (including phenoxy) is 2. The largest absolute Gasteiger partial charge is 0.497 e. The van der Waals surface area contributed by atoms with Gasteiger partial charge in [-0.1, -0.05) is 24.1 Å². The minimum Gasteiger partial charge on any atom is -0.497 e. The van der Waals surface area contributed by atoms with Crippen molar-refractivity contribution in [2.24, 2.45) is 0 Å². The van der Waals surface area contributed by atoms with Gasteiger partial charge in [0.1, 0.15) is 23.4 Å². The normalized spacial score (nSPS) is 12.9. The van der Waals surface area contributed by atoms with Crippen LogP contribution in [-0.2, 0) is 14.3 Å². The van der Waals surface area contributed by atoms with E-state index in [4.69, 9.17) is 15.9 Å². The second-order valence-corrected chi connectivity index (χ2v) is 11.0. The first-order valence-corrected chi connectivity index (χ1v) is 12.8. The van der Waals surface area contributed by atoms with Gasteiger partial charge in [0.2, 0.25) is 5.91 Å². The number of amides is 3. The summed E-state index contributed by atoms with van der Waals surface area (Å²) in [5, 5.41) is 5.49. The Labute approximate surface area is 230 Å². The maximum absolute atomic E-state index is 14.0. The predicted molar refractivity (Wildman–Crippen MR) is 152 cm³/mol. The van der Waals surface area contributed by atoms with E-state index in [-0.39, 0.29) is 5.75 Å². The summed E-state index contributed by atoms with van der Waals surface area (Å²) in [5.41, 5.74) is -0.175. The fourth-order valence-corrected chi connectivity index (χ4v) is 4.05. The summed E-state index contributed by atoms with van der Waals surface area (Å²) < 4.78 is 10.5. The SMILES string of the molecule is C#Cc1ccccc1C(C(=O)Nc1ccc(OC)cc1)N(C(=O)C(CS)NC(=O)OC(C)(C)C)C(C)(C)C. The minimum absolute atomic E-state index is 0.0196. The molecule has 0 aliphatic heterocycles. The minimum atomic E-state index is -1.13. The molecule has 0 saturated carbocycles. The highest BCUT2D eigenvalue weighted by Crippen LogP contribution is 2.33. The fraction of sp³-hybridized carbons (Fsp3) is 0.414. The monoisotopic (exact) mass is 539 g/mol. The van der Waals surface area contributed by atoms with Crippen molar-refractivity contribution in [2.45, 2.75) is 64.8 Å². The number of methoxy groups -OCH3 is 1. The van der Waals surface area contributed by atoms with Crippen molar-refractivity contribution >= 4 is 36.2 Å². The van der Waals surface area contributed by atoms with Gasteiger partial charge >= 0.3 is 6.09 Å². The second kappa shape index (κ2) is 12.7. The molecular weight excluding hydrogens is 502 g/mol. The Kier molecular flexibility index (Phi) is 10.3. The molecule has 2 aromatic rings. The van der Waals surface area contributed by atoms with Gasteiger partial charge in [0, 0.05) is 22.5 Å². The van der Waals surface area contributed by atoms with Crippen LogP contribution < -0.4 is 15.4 Å². The van der Waals surface area contributed by atoms with Gasteiger partial charge in [0.25, 0.3) is 5.91 Å². The van der Waals surface area contributed by atoms with Crippen LogP contribution in [0.3, 0.4) is 0 Å². The topological polar surface area (TPSA) is 97.0 Å². The number of alkyl carbamates (subject to hydrolysis) is 1. The Morgan fingerprint density at radius 3 is 2.13 bits per heavy atom. The van der Waals surface area contributed by atoms with Crippen LogP contribution in [0.2, 0.25) is 0 Å². The van der Waals surface area contributed by atoms with Crippen LogP contribution in [0.4, 0.5) is 10.5 Å². The van der Waals surface area contributed by atoms with Gasteiger partial charge in [0.15, 0.2) is 0 Å². The Morgan fingerprint density at radius 2 is 1.63 bits per heavy atom. The van der Waals surface area contributed by atoms with E-state index in [9.17, 15) is 14.4 Å². The molecule has 2 aromatic carbocycles. The molecule has 0 aliphatic rings. The molecule has 0 spiro atoms. The lowest BCUT2D eigenvalue weighted by Crippen LogP contribution is -2.58. The van der Waals surface area contributed by atoms with Crippen LogP contribution in [0.1, 0.15) is 58.7 Å². The van der Waals surface area contributed by atoms with Gasteiger partial charge in [-0.3, -0.25) is 9.59 Å². The quantitative estimate of drug-likeness (QED) is 0.331. The summed E-state index contributed by atoms with van der Waals surface area (Å²) in [6.45, 7) is 10.6. The Morgan fingerprint density at radius 1 is 1.03 bits per heavy atom. The van der Waals surface area contributed by atoms with E-state index in [2.05, 4.69) is 29.2 Å². The number of hydrogen-bond donors (Lipinski definition) is 3. The first-order valence-electron chi connectivity index (χ1n) is 12.2. The Balaban J connectivity index is 2.58. The zero-order chi connectivity index (χ0) is 28.7. The van der Waals surface area contributed by atoms with E-state index in [0.717, 1.165) is 0 Å². The maximum atomic E-state index is 14.0. The number of carbonyl (C=O) groups is 3. The number of hydrogen-bond acceptors (Lipinski definition) is 6. The van der Waals surface area contributed by atoms with Crippen LogP contribution in [-0.4, -0.2) is 52.9 Å². The van der Waals surface area contributed by atoms with Crippen LogP contribution in [0, 0.1) is 12.3 Å². The highest BCUT2D eigenvalue weighted by atomic mass is 32.1. The third-order valence-corrected chi connectivity index (χ3v) is 5.77. The predicted octanol–water partition coefficient (Wildman–Crippen LogP) is 4.81. The summed E-state index contributed by atoms with van der Waals surface area (Å²) in [5.74, 6) is 2.24. The standard InChI is InChI=1S/C29H37N3O5S/c1-9-19-12-10-11-13-22(19)24(25(33)30-20-14-16-21(36-8)17-15-20)32(28(2,3)4)26(34)23(18-38)31-27(35)37-29(5,6)7/h1,10-17,23-24,38H,18H2,2-8H3,(H,30,33)(H,31,35). The molecule has 0 bridgehead atoms. The molecule has 3 amide bonds. The Hall–Kier alpha value is -3.64. The maximum Gasteiger partial charge on any atom is 0.408 e. The van der Waals surface area contributed by atoms with Gasteiger partial charge in [-0.25, -0.2) is 4.79 Å². The summed E-state index contributed by atoms with van der Waals surface area (Å²) in [6, 6.07) is 11.6. The van der Waals surface area contributed by atoms with Gasteiger partial charge < -0.3 is 25.0 Å². The van der Waals surface area contributed by atoms with E-state index in [1.807, 2.05) is 0 Å². The summed E-state index contributed by atoms with van der Waals surface area (Å²) >= 11 is 4.31. The van der Waals surface area contributed by atoms with Crippen molar-refractivity contribution in [1.82, 2.24) is 10.2 Å². The number of terminal acetylenes is 1. The molecule has 204 valence electrons. The number of carbonyl (C=O) groups excluding carboxylic acids is 3. The molecular formula is C29H37N3O5S. The molecule has 2 rings (SSSR count). The summed E-state index contributed by atoms with van der Waals surface area (Å²) in [4.78, 5) is 41.9. The van der Waals surface area contributed by atoms with Crippen molar-refractivity contribution in [3.63, 3.8) is 0 Å². The molecule has 0 aromatic heterocycles. The van der Waals surface area contributed by atoms with E-state index in [1.54, 1.807) is 97.2 Å². The smallest absolute Gasteiger partial charge is 0.408 e. The first kappa shape index (κ1) is 30.6. The van der Waals surface area contributed by atoms with Gasteiger partial charge in [-0.15, -0.1) is 6.42 Å². The van der Waals surface area contributed by atoms with Crippen molar-refractivity contribution in [1.29, 1.82) is 0 Å². The number of benzene rings is 2. The number of thiol groups is 1. The lowest BCUT2D eigenvalue weighted by atomic mass is 9.92. The zero-order valence-corrected chi connectivity index (χ0v) is 23.9. The number of nitrogens with zero attached hydrogens (tertiary/aromatic N) is 1. The van der Waals surface area contributed by atoms with E-state index < -0.39 is 41.1 Å². The molecule has 8 nitrogen and oxygen atoms in total. The van der Waals surface area contributed by atoms with Crippen LogP contribution in [0.25, 0.3) is 0 Å². The van der Waals surface area contributed by atoms with Gasteiger partial charge in [0.05, 0.1) is 7.11 Å². The number of nitrogens with one attached hydrogen (secondary N) is 2. The highest BCUT2D eigenvalue weighted by molar-refractivity contribution is 7.80. The average molecular weight is 540 g/mol. The third-order valence-electron chi connectivity index (χ3n) is 5.41. The highest BCUT2D eigenvalue weighted by Gasteiger charge is 2.42. The molecule has 38 heavy (non-hydrogen) atoms. The van der Waals surface area contributed by atoms with Crippen LogP contribution in [0.15, 0.2) is 48.5 Å².